The summed E-state index contributed by atoms with van der Waals surface area (Å²) in [5.74, 6) is 0. The topological polar surface area (TPSA) is 9.72 Å². The molecule has 1 heterocycles. The van der Waals surface area contributed by atoms with Gasteiger partial charge in [0.1, 0.15) is 0 Å². The van der Waals surface area contributed by atoms with E-state index < -0.39 is 0 Å². The first-order valence-electron chi connectivity index (χ1n) is 12.9. The molecule has 1 aliphatic rings. The zero-order valence-electron chi connectivity index (χ0n) is 21.3. The molecule has 3 aromatic rings. The summed E-state index contributed by atoms with van der Waals surface area (Å²) in [6.07, 6.45) is 1.22. The molecule has 0 atom stereocenters. The molecule has 1 saturated heterocycles. The summed E-state index contributed by atoms with van der Waals surface area (Å²) in [5, 5.41) is 0. The first-order valence-corrected chi connectivity index (χ1v) is 12.9. The van der Waals surface area contributed by atoms with Gasteiger partial charge in [-0.1, -0.05) is 89.5 Å². The Balaban J connectivity index is 1.45. The molecule has 1 aliphatic heterocycles. The highest BCUT2D eigenvalue weighted by atomic mass is 15.2. The van der Waals surface area contributed by atoms with Crippen molar-refractivity contribution in [2.45, 2.75) is 46.8 Å². The van der Waals surface area contributed by atoms with Crippen molar-refractivity contribution in [1.82, 2.24) is 14.7 Å². The van der Waals surface area contributed by atoms with E-state index in [1.807, 2.05) is 0 Å². The van der Waals surface area contributed by atoms with Gasteiger partial charge < -0.3 is 0 Å². The molecule has 34 heavy (non-hydrogen) atoms. The normalized spacial score (nSPS) is 17.0. The molecule has 0 aromatic heterocycles. The highest BCUT2D eigenvalue weighted by Crippen LogP contribution is 2.14. The van der Waals surface area contributed by atoms with Crippen molar-refractivity contribution in [1.29, 1.82) is 0 Å². The second-order valence-electron chi connectivity index (χ2n) is 10.1. The Kier molecular flexibility index (Phi) is 8.92. The van der Waals surface area contributed by atoms with Crippen LogP contribution in [0, 0.1) is 20.8 Å². The summed E-state index contributed by atoms with van der Waals surface area (Å²) in [4.78, 5) is 7.96. The molecule has 0 bridgehead atoms. The number of rotatable bonds is 6. The molecule has 0 amide bonds. The molecular formula is C31H41N3. The fourth-order valence-corrected chi connectivity index (χ4v) is 4.75. The van der Waals surface area contributed by atoms with Gasteiger partial charge in [0.15, 0.2) is 0 Å². The summed E-state index contributed by atoms with van der Waals surface area (Å²) >= 11 is 0. The zero-order chi connectivity index (χ0) is 23.8. The smallest absolute Gasteiger partial charge is 0.0234 e. The third-order valence-electron chi connectivity index (χ3n) is 6.99. The van der Waals surface area contributed by atoms with Gasteiger partial charge in [-0.3, -0.25) is 14.7 Å². The second kappa shape index (κ2) is 12.3. The van der Waals surface area contributed by atoms with E-state index in [1.165, 1.54) is 39.8 Å². The van der Waals surface area contributed by atoms with E-state index >= 15 is 0 Å². The quantitative estimate of drug-likeness (QED) is 0.464. The van der Waals surface area contributed by atoms with E-state index in [2.05, 4.69) is 108 Å². The fourth-order valence-electron chi connectivity index (χ4n) is 4.75. The monoisotopic (exact) mass is 455 g/mol. The number of hydrogen-bond acceptors (Lipinski definition) is 3. The van der Waals surface area contributed by atoms with Gasteiger partial charge >= 0.3 is 0 Å². The second-order valence-corrected chi connectivity index (χ2v) is 10.1. The predicted molar refractivity (Wildman–Crippen MR) is 144 cm³/mol. The SMILES string of the molecule is Cc1ccc(CN2CCCN(Cc3ccc(C)cc3)CCN(Cc3ccc(C)cc3)CC2)cc1. The van der Waals surface area contributed by atoms with Crippen molar-refractivity contribution in [2.75, 3.05) is 39.3 Å². The molecule has 0 radical (unpaired) electrons. The third kappa shape index (κ3) is 7.80. The largest absolute Gasteiger partial charge is 0.298 e. The lowest BCUT2D eigenvalue weighted by atomic mass is 10.1. The summed E-state index contributed by atoms with van der Waals surface area (Å²) < 4.78 is 0. The van der Waals surface area contributed by atoms with E-state index in [4.69, 9.17) is 0 Å². The van der Waals surface area contributed by atoms with Crippen molar-refractivity contribution in [3.63, 3.8) is 0 Å². The maximum atomic E-state index is 2.65. The maximum absolute atomic E-state index is 2.65. The van der Waals surface area contributed by atoms with E-state index in [9.17, 15) is 0 Å². The van der Waals surface area contributed by atoms with Crippen LogP contribution in [0.25, 0.3) is 0 Å². The Labute approximate surface area is 207 Å². The zero-order valence-corrected chi connectivity index (χ0v) is 21.3. The van der Waals surface area contributed by atoms with Crippen LogP contribution in [0.15, 0.2) is 72.8 Å². The van der Waals surface area contributed by atoms with Gasteiger partial charge in [0, 0.05) is 45.8 Å². The van der Waals surface area contributed by atoms with E-state index in [0.717, 1.165) is 58.9 Å². The molecule has 0 saturated carbocycles. The lowest BCUT2D eigenvalue weighted by Gasteiger charge is -2.33. The molecule has 3 heteroatoms. The van der Waals surface area contributed by atoms with Crippen LogP contribution in [-0.2, 0) is 19.6 Å². The Hall–Kier alpha value is -2.46. The van der Waals surface area contributed by atoms with Gasteiger partial charge in [0.05, 0.1) is 0 Å². The Morgan fingerprint density at radius 2 is 0.676 bits per heavy atom. The molecule has 1 fully saturated rings. The van der Waals surface area contributed by atoms with Gasteiger partial charge in [-0.25, -0.2) is 0 Å². The summed E-state index contributed by atoms with van der Waals surface area (Å²) in [5.41, 5.74) is 8.26. The highest BCUT2D eigenvalue weighted by Gasteiger charge is 2.16. The molecular weight excluding hydrogens is 414 g/mol. The Bertz CT molecular complexity index is 933. The fraction of sp³-hybridized carbons (Fsp3) is 0.419. The van der Waals surface area contributed by atoms with Crippen molar-refractivity contribution in [2.24, 2.45) is 0 Å². The van der Waals surface area contributed by atoms with Gasteiger partial charge in [-0.15, -0.1) is 0 Å². The van der Waals surface area contributed by atoms with Crippen molar-refractivity contribution >= 4 is 0 Å². The van der Waals surface area contributed by atoms with Gasteiger partial charge in [0.2, 0.25) is 0 Å². The summed E-state index contributed by atoms with van der Waals surface area (Å²) in [7, 11) is 0. The minimum atomic E-state index is 1.02. The molecule has 180 valence electrons. The van der Waals surface area contributed by atoms with Gasteiger partial charge in [-0.2, -0.15) is 0 Å². The Morgan fingerprint density at radius 3 is 0.971 bits per heavy atom. The van der Waals surface area contributed by atoms with Crippen molar-refractivity contribution < 1.29 is 0 Å². The third-order valence-corrected chi connectivity index (χ3v) is 6.99. The molecule has 3 nitrogen and oxygen atoms in total. The van der Waals surface area contributed by atoms with Gasteiger partial charge in [0.25, 0.3) is 0 Å². The van der Waals surface area contributed by atoms with Crippen LogP contribution in [0.3, 0.4) is 0 Å². The molecule has 0 unspecified atom stereocenters. The number of nitrogens with zero attached hydrogens (tertiary/aromatic N) is 3. The Morgan fingerprint density at radius 1 is 0.412 bits per heavy atom. The van der Waals surface area contributed by atoms with E-state index in [0.29, 0.717) is 0 Å². The lowest BCUT2D eigenvalue weighted by Crippen LogP contribution is -2.42. The first kappa shape index (κ1) is 24.7. The minimum absolute atomic E-state index is 1.02. The highest BCUT2D eigenvalue weighted by molar-refractivity contribution is 5.23. The number of benzene rings is 3. The van der Waals surface area contributed by atoms with Crippen molar-refractivity contribution in [3.8, 4) is 0 Å². The van der Waals surface area contributed by atoms with Crippen LogP contribution in [0.2, 0.25) is 0 Å². The van der Waals surface area contributed by atoms with Crippen LogP contribution >= 0.6 is 0 Å². The summed E-state index contributed by atoms with van der Waals surface area (Å²) in [6.45, 7) is 16.4. The minimum Gasteiger partial charge on any atom is -0.298 e. The van der Waals surface area contributed by atoms with Crippen LogP contribution in [-0.4, -0.2) is 54.0 Å². The predicted octanol–water partition coefficient (Wildman–Crippen LogP) is 5.82. The lowest BCUT2D eigenvalue weighted by molar-refractivity contribution is 0.139. The summed E-state index contributed by atoms with van der Waals surface area (Å²) in [6, 6.07) is 27.2. The van der Waals surface area contributed by atoms with Crippen LogP contribution in [0.1, 0.15) is 39.8 Å². The average molecular weight is 456 g/mol. The standard InChI is InChI=1S/C31H41N3/c1-26-5-11-29(12-6-26)23-32-17-4-18-33(24-30-13-7-27(2)8-14-30)20-22-34(21-19-32)25-31-15-9-28(3)10-16-31/h5-16H,4,17-25H2,1-3H3. The molecule has 4 rings (SSSR count). The molecule has 0 N–H and O–H groups in total. The number of hydrogen-bond donors (Lipinski definition) is 0. The number of aryl methyl sites for hydroxylation is 3. The molecule has 3 aromatic carbocycles. The van der Waals surface area contributed by atoms with Crippen molar-refractivity contribution in [3.05, 3.63) is 106 Å². The van der Waals surface area contributed by atoms with Crippen LogP contribution in [0.5, 0.6) is 0 Å². The van der Waals surface area contributed by atoms with E-state index in [-0.39, 0.29) is 0 Å². The van der Waals surface area contributed by atoms with Crippen LogP contribution < -0.4 is 0 Å². The first-order chi connectivity index (χ1) is 16.5. The van der Waals surface area contributed by atoms with Gasteiger partial charge in [-0.05, 0) is 57.0 Å². The molecule has 0 spiro atoms. The van der Waals surface area contributed by atoms with E-state index in [1.54, 1.807) is 0 Å². The average Bonchev–Trinajstić information content (AvgIpc) is 2.84. The molecule has 0 aliphatic carbocycles. The maximum Gasteiger partial charge on any atom is 0.0234 e. The van der Waals surface area contributed by atoms with Crippen LogP contribution in [0.4, 0.5) is 0 Å².